The Hall–Kier alpha value is -0.610. The van der Waals surface area contributed by atoms with Crippen molar-refractivity contribution in [2.75, 3.05) is 6.54 Å². The lowest BCUT2D eigenvalue weighted by molar-refractivity contribution is -0.139. The van der Waals surface area contributed by atoms with Gasteiger partial charge >= 0.3 is 0 Å². The van der Waals surface area contributed by atoms with E-state index >= 15 is 0 Å². The monoisotopic (exact) mass is 254 g/mol. The number of aliphatic hydroxyl groups is 1. The Balaban J connectivity index is 1.93. The molecule has 0 bridgehead atoms. The van der Waals surface area contributed by atoms with E-state index in [-0.39, 0.29) is 23.5 Å². The summed E-state index contributed by atoms with van der Waals surface area (Å²) in [4.78, 5) is 12.3. The molecule has 104 valence electrons. The molecular formula is C14H26N2O2. The van der Waals surface area contributed by atoms with Crippen LogP contribution in [0.5, 0.6) is 0 Å². The second-order valence-electron chi connectivity index (χ2n) is 6.28. The van der Waals surface area contributed by atoms with Crippen LogP contribution >= 0.6 is 0 Å². The maximum atomic E-state index is 12.3. The Bertz CT molecular complexity index is 300. The van der Waals surface area contributed by atoms with Crippen LogP contribution in [0.25, 0.3) is 0 Å². The van der Waals surface area contributed by atoms with Crippen LogP contribution in [0, 0.1) is 11.3 Å². The molecule has 4 N–H and O–H groups in total. The summed E-state index contributed by atoms with van der Waals surface area (Å²) in [7, 11) is 0. The largest absolute Gasteiger partial charge is 0.391 e. The van der Waals surface area contributed by atoms with Crippen molar-refractivity contribution in [3.63, 3.8) is 0 Å². The molecule has 2 aliphatic rings. The predicted molar refractivity (Wildman–Crippen MR) is 70.9 cm³/mol. The van der Waals surface area contributed by atoms with Crippen molar-refractivity contribution in [2.24, 2.45) is 17.1 Å². The summed E-state index contributed by atoms with van der Waals surface area (Å²) in [5.41, 5.74) is 5.42. The van der Waals surface area contributed by atoms with Crippen LogP contribution in [0.15, 0.2) is 0 Å². The van der Waals surface area contributed by atoms with E-state index < -0.39 is 0 Å². The van der Waals surface area contributed by atoms with Crippen LogP contribution in [-0.4, -0.2) is 29.7 Å². The van der Waals surface area contributed by atoms with Gasteiger partial charge in [0.05, 0.1) is 17.6 Å². The molecule has 2 saturated carbocycles. The van der Waals surface area contributed by atoms with Gasteiger partial charge in [-0.1, -0.05) is 26.2 Å². The minimum Gasteiger partial charge on any atom is -0.391 e. The average molecular weight is 254 g/mol. The lowest BCUT2D eigenvalue weighted by Crippen LogP contribution is -2.57. The summed E-state index contributed by atoms with van der Waals surface area (Å²) in [6.45, 7) is 2.58. The molecule has 0 heterocycles. The fourth-order valence-corrected chi connectivity index (χ4v) is 3.50. The van der Waals surface area contributed by atoms with Crippen LogP contribution in [-0.2, 0) is 4.79 Å². The van der Waals surface area contributed by atoms with Gasteiger partial charge in [0.25, 0.3) is 0 Å². The average Bonchev–Trinajstić information content (AvgIpc) is 2.50. The Morgan fingerprint density at radius 3 is 2.61 bits per heavy atom. The molecule has 0 aromatic rings. The highest BCUT2D eigenvalue weighted by Gasteiger charge is 2.47. The van der Waals surface area contributed by atoms with Crippen molar-refractivity contribution in [3.05, 3.63) is 0 Å². The normalized spacial score (nSPS) is 40.7. The number of aliphatic hydroxyl groups excluding tert-OH is 1. The molecule has 18 heavy (non-hydrogen) atoms. The first kappa shape index (κ1) is 13.8. The Morgan fingerprint density at radius 1 is 1.33 bits per heavy atom. The van der Waals surface area contributed by atoms with Gasteiger partial charge in [-0.05, 0) is 31.6 Å². The van der Waals surface area contributed by atoms with Crippen molar-refractivity contribution in [3.8, 4) is 0 Å². The molecule has 2 atom stereocenters. The first-order valence-electron chi connectivity index (χ1n) is 7.26. The quantitative estimate of drug-likeness (QED) is 0.662. The lowest BCUT2D eigenvalue weighted by atomic mass is 9.62. The van der Waals surface area contributed by atoms with Crippen molar-refractivity contribution in [2.45, 2.75) is 64.0 Å². The number of carbonyl (C=O) groups excluding carboxylic acids is 1. The Morgan fingerprint density at radius 2 is 2.00 bits per heavy atom. The lowest BCUT2D eigenvalue weighted by Gasteiger charge is -2.45. The number of amides is 1. The Labute approximate surface area is 109 Å². The molecule has 0 spiro atoms. The molecule has 2 fully saturated rings. The SMILES string of the molecule is CC1CC(CN)(C(=O)NC2CCCCCC2O)C1. The van der Waals surface area contributed by atoms with Gasteiger partial charge in [-0.3, -0.25) is 4.79 Å². The van der Waals surface area contributed by atoms with Crippen molar-refractivity contribution in [1.82, 2.24) is 5.32 Å². The highest BCUT2D eigenvalue weighted by Crippen LogP contribution is 2.45. The smallest absolute Gasteiger partial charge is 0.227 e. The van der Waals surface area contributed by atoms with Gasteiger partial charge in [0.2, 0.25) is 5.91 Å². The number of rotatable bonds is 3. The topological polar surface area (TPSA) is 75.4 Å². The van der Waals surface area contributed by atoms with Crippen LogP contribution in [0.3, 0.4) is 0 Å². The molecule has 2 rings (SSSR count). The van der Waals surface area contributed by atoms with E-state index in [2.05, 4.69) is 12.2 Å². The molecule has 0 aromatic carbocycles. The molecule has 4 heteroatoms. The minimum absolute atomic E-state index is 0.0639. The molecule has 2 unspecified atom stereocenters. The molecular weight excluding hydrogens is 228 g/mol. The van der Waals surface area contributed by atoms with Gasteiger partial charge in [0.1, 0.15) is 0 Å². The second kappa shape index (κ2) is 5.57. The van der Waals surface area contributed by atoms with Crippen LogP contribution < -0.4 is 11.1 Å². The molecule has 0 radical (unpaired) electrons. The summed E-state index contributed by atoms with van der Waals surface area (Å²) in [6.07, 6.45) is 6.39. The molecule has 1 amide bonds. The summed E-state index contributed by atoms with van der Waals surface area (Å²) in [5.74, 6) is 0.660. The zero-order valence-corrected chi connectivity index (χ0v) is 11.3. The van der Waals surface area contributed by atoms with E-state index in [1.54, 1.807) is 0 Å². The summed E-state index contributed by atoms with van der Waals surface area (Å²) < 4.78 is 0. The fourth-order valence-electron chi connectivity index (χ4n) is 3.50. The molecule has 0 aliphatic heterocycles. The van der Waals surface area contributed by atoms with Crippen LogP contribution in [0.1, 0.15) is 51.9 Å². The predicted octanol–water partition coefficient (Wildman–Crippen LogP) is 1.17. The first-order chi connectivity index (χ1) is 8.57. The third-order valence-corrected chi connectivity index (χ3v) is 4.65. The van der Waals surface area contributed by atoms with Gasteiger partial charge in [0.15, 0.2) is 0 Å². The van der Waals surface area contributed by atoms with E-state index in [1.807, 2.05) is 0 Å². The van der Waals surface area contributed by atoms with Gasteiger partial charge < -0.3 is 16.2 Å². The zero-order valence-electron chi connectivity index (χ0n) is 11.3. The zero-order chi connectivity index (χ0) is 13.2. The minimum atomic E-state index is -0.385. The molecule has 4 nitrogen and oxygen atoms in total. The second-order valence-corrected chi connectivity index (χ2v) is 6.28. The van der Waals surface area contributed by atoms with E-state index in [0.29, 0.717) is 12.5 Å². The third-order valence-electron chi connectivity index (χ3n) is 4.65. The number of nitrogens with two attached hydrogens (primary N) is 1. The van der Waals surface area contributed by atoms with Gasteiger partial charge in [0, 0.05) is 6.54 Å². The molecule has 0 aromatic heterocycles. The highest BCUT2D eigenvalue weighted by molar-refractivity contribution is 5.84. The van der Waals surface area contributed by atoms with E-state index in [0.717, 1.165) is 44.9 Å². The van der Waals surface area contributed by atoms with Gasteiger partial charge in [-0.2, -0.15) is 0 Å². The maximum absolute atomic E-state index is 12.3. The summed E-state index contributed by atoms with van der Waals surface area (Å²) >= 11 is 0. The standard InChI is InChI=1S/C14H26N2O2/c1-10-7-14(8-10,9-15)13(18)16-11-5-3-2-4-6-12(11)17/h10-12,17H,2-9,15H2,1H3,(H,16,18). The van der Waals surface area contributed by atoms with Crippen LogP contribution in [0.4, 0.5) is 0 Å². The first-order valence-corrected chi connectivity index (χ1v) is 7.26. The fraction of sp³-hybridized carbons (Fsp3) is 0.929. The number of hydrogen-bond acceptors (Lipinski definition) is 3. The van der Waals surface area contributed by atoms with Crippen LogP contribution in [0.2, 0.25) is 0 Å². The summed E-state index contributed by atoms with van der Waals surface area (Å²) in [6, 6.07) is -0.0701. The van der Waals surface area contributed by atoms with Crippen molar-refractivity contribution >= 4 is 5.91 Å². The number of nitrogens with one attached hydrogen (secondary N) is 1. The third kappa shape index (κ3) is 2.69. The number of carbonyl (C=O) groups is 1. The van der Waals surface area contributed by atoms with E-state index in [1.165, 1.54) is 0 Å². The number of hydrogen-bond donors (Lipinski definition) is 3. The van der Waals surface area contributed by atoms with E-state index in [4.69, 9.17) is 5.73 Å². The molecule has 2 aliphatic carbocycles. The Kier molecular flexibility index (Phi) is 4.28. The van der Waals surface area contributed by atoms with Crippen molar-refractivity contribution in [1.29, 1.82) is 0 Å². The highest BCUT2D eigenvalue weighted by atomic mass is 16.3. The summed E-state index contributed by atoms with van der Waals surface area (Å²) in [5, 5.41) is 13.1. The van der Waals surface area contributed by atoms with Crippen molar-refractivity contribution < 1.29 is 9.90 Å². The van der Waals surface area contributed by atoms with E-state index in [9.17, 15) is 9.90 Å². The molecule has 0 saturated heterocycles. The van der Waals surface area contributed by atoms with Gasteiger partial charge in [-0.25, -0.2) is 0 Å². The van der Waals surface area contributed by atoms with Gasteiger partial charge in [-0.15, -0.1) is 0 Å². The maximum Gasteiger partial charge on any atom is 0.227 e.